The Labute approximate surface area is 156 Å². The first-order valence-electron chi connectivity index (χ1n) is 8.97. The van der Waals surface area contributed by atoms with E-state index in [0.29, 0.717) is 5.88 Å². The fourth-order valence-corrected chi connectivity index (χ4v) is 3.05. The summed E-state index contributed by atoms with van der Waals surface area (Å²) in [5.74, 6) is 0.532. The number of nitrogens with zero attached hydrogens (tertiary/aromatic N) is 5. The predicted molar refractivity (Wildman–Crippen MR) is 100 cm³/mol. The second-order valence-electron chi connectivity index (χ2n) is 6.85. The lowest BCUT2D eigenvalue weighted by atomic mass is 9.89. The minimum atomic E-state index is -0.0177. The lowest BCUT2D eigenvalue weighted by Crippen LogP contribution is -2.49. The third-order valence-electron chi connectivity index (χ3n) is 4.86. The van der Waals surface area contributed by atoms with Crippen molar-refractivity contribution in [3.63, 3.8) is 0 Å². The van der Waals surface area contributed by atoms with E-state index in [4.69, 9.17) is 4.74 Å². The largest absolute Gasteiger partial charge is 0.473 e. The van der Waals surface area contributed by atoms with Crippen molar-refractivity contribution in [1.82, 2.24) is 29.7 Å². The standard InChI is InChI=1S/C19H22N6O2/c1-4-12(2)18(26)22-14-7-15(8-14)27-19-17-5-6-20-25(17)11-16(23-19)13-9-21-24(3)10-13/h4-6,9-11,14-15H,7-8H2,1-3H3,(H,22,26). The monoisotopic (exact) mass is 366 g/mol. The maximum Gasteiger partial charge on any atom is 0.246 e. The Morgan fingerprint density at radius 2 is 2.15 bits per heavy atom. The van der Waals surface area contributed by atoms with Gasteiger partial charge in [-0.1, -0.05) is 6.08 Å². The third-order valence-corrected chi connectivity index (χ3v) is 4.86. The van der Waals surface area contributed by atoms with Gasteiger partial charge in [-0.2, -0.15) is 10.2 Å². The van der Waals surface area contributed by atoms with Crippen LogP contribution in [0.3, 0.4) is 0 Å². The van der Waals surface area contributed by atoms with E-state index in [1.165, 1.54) is 0 Å². The fourth-order valence-electron chi connectivity index (χ4n) is 3.05. The molecular weight excluding hydrogens is 344 g/mol. The molecule has 0 aromatic carbocycles. The number of aryl methyl sites for hydroxylation is 1. The van der Waals surface area contributed by atoms with Gasteiger partial charge in [-0.3, -0.25) is 9.48 Å². The molecule has 1 fully saturated rings. The average molecular weight is 366 g/mol. The number of hydrogen-bond acceptors (Lipinski definition) is 5. The zero-order valence-electron chi connectivity index (χ0n) is 15.6. The number of nitrogens with one attached hydrogen (secondary N) is 1. The van der Waals surface area contributed by atoms with E-state index in [1.807, 2.05) is 45.4 Å². The number of rotatable bonds is 5. The average Bonchev–Trinajstić information content (AvgIpc) is 3.27. The van der Waals surface area contributed by atoms with Crippen molar-refractivity contribution in [2.24, 2.45) is 7.05 Å². The van der Waals surface area contributed by atoms with Crippen LogP contribution in [0, 0.1) is 0 Å². The number of hydrogen-bond donors (Lipinski definition) is 1. The van der Waals surface area contributed by atoms with E-state index in [-0.39, 0.29) is 18.1 Å². The van der Waals surface area contributed by atoms with Gasteiger partial charge in [-0.15, -0.1) is 0 Å². The smallest absolute Gasteiger partial charge is 0.246 e. The van der Waals surface area contributed by atoms with E-state index in [2.05, 4.69) is 20.5 Å². The molecule has 0 atom stereocenters. The Morgan fingerprint density at radius 3 is 2.85 bits per heavy atom. The Kier molecular flexibility index (Phi) is 4.39. The van der Waals surface area contributed by atoms with Gasteiger partial charge in [-0.25, -0.2) is 9.50 Å². The summed E-state index contributed by atoms with van der Waals surface area (Å²) < 4.78 is 9.62. The Balaban J connectivity index is 1.48. The van der Waals surface area contributed by atoms with Gasteiger partial charge in [0, 0.05) is 43.3 Å². The van der Waals surface area contributed by atoms with Crippen molar-refractivity contribution in [3.05, 3.63) is 42.5 Å². The van der Waals surface area contributed by atoms with Crippen LogP contribution in [0.15, 0.2) is 42.5 Å². The molecule has 0 radical (unpaired) electrons. The maximum atomic E-state index is 11.9. The molecular formula is C19H22N6O2. The molecule has 0 spiro atoms. The summed E-state index contributed by atoms with van der Waals surface area (Å²) in [6, 6.07) is 2.02. The number of fused-ring (bicyclic) bond motifs is 1. The van der Waals surface area contributed by atoms with E-state index in [9.17, 15) is 4.79 Å². The Morgan fingerprint density at radius 1 is 1.33 bits per heavy atom. The minimum absolute atomic E-state index is 0.0177. The fraction of sp³-hybridized carbons (Fsp3) is 0.368. The maximum absolute atomic E-state index is 11.9. The molecule has 1 aliphatic rings. The molecule has 1 N–H and O–H groups in total. The quantitative estimate of drug-likeness (QED) is 0.699. The number of carbonyl (C=O) groups excluding carboxylic acids is 1. The molecule has 3 aromatic rings. The summed E-state index contributed by atoms with van der Waals surface area (Å²) in [6.07, 6.45) is 10.6. The van der Waals surface area contributed by atoms with E-state index >= 15 is 0 Å². The van der Waals surface area contributed by atoms with Gasteiger partial charge in [0.05, 0.1) is 24.3 Å². The van der Waals surface area contributed by atoms with Gasteiger partial charge in [0.1, 0.15) is 11.6 Å². The first-order chi connectivity index (χ1) is 13.0. The summed E-state index contributed by atoms with van der Waals surface area (Å²) in [5.41, 5.74) is 3.20. The highest BCUT2D eigenvalue weighted by Crippen LogP contribution is 2.29. The van der Waals surface area contributed by atoms with E-state index < -0.39 is 0 Å². The van der Waals surface area contributed by atoms with Crippen molar-refractivity contribution in [3.8, 4) is 17.1 Å². The van der Waals surface area contributed by atoms with E-state index in [0.717, 1.165) is 35.2 Å². The first kappa shape index (κ1) is 17.3. The number of allylic oxidation sites excluding steroid dienone is 1. The molecule has 0 saturated heterocycles. The molecule has 140 valence electrons. The highest BCUT2D eigenvalue weighted by molar-refractivity contribution is 5.92. The zero-order valence-corrected chi connectivity index (χ0v) is 15.6. The topological polar surface area (TPSA) is 86.3 Å². The zero-order chi connectivity index (χ0) is 19.0. The molecule has 0 unspecified atom stereocenters. The second-order valence-corrected chi connectivity index (χ2v) is 6.85. The normalized spacial score (nSPS) is 19.7. The van der Waals surface area contributed by atoms with Crippen molar-refractivity contribution >= 4 is 11.4 Å². The molecule has 8 nitrogen and oxygen atoms in total. The summed E-state index contributed by atoms with van der Waals surface area (Å²) >= 11 is 0. The van der Waals surface area contributed by atoms with Gasteiger partial charge < -0.3 is 10.1 Å². The molecule has 4 rings (SSSR count). The SMILES string of the molecule is CC=C(C)C(=O)NC1CC(Oc2nc(-c3cnn(C)c3)cn3nccc23)C1. The van der Waals surface area contributed by atoms with Crippen LogP contribution < -0.4 is 10.1 Å². The van der Waals surface area contributed by atoms with E-state index in [1.54, 1.807) is 21.6 Å². The van der Waals surface area contributed by atoms with Crippen LogP contribution in [-0.2, 0) is 11.8 Å². The lowest BCUT2D eigenvalue weighted by Gasteiger charge is -2.35. The van der Waals surface area contributed by atoms with Crippen molar-refractivity contribution in [2.45, 2.75) is 38.8 Å². The molecule has 3 aromatic heterocycles. The molecule has 1 aliphatic carbocycles. The van der Waals surface area contributed by atoms with Crippen LogP contribution in [0.5, 0.6) is 5.88 Å². The predicted octanol–water partition coefficient (Wildman–Crippen LogP) is 2.12. The van der Waals surface area contributed by atoms with Gasteiger partial charge in [0.25, 0.3) is 0 Å². The number of amides is 1. The number of carbonyl (C=O) groups is 1. The summed E-state index contributed by atoms with van der Waals surface area (Å²) in [6.45, 7) is 3.67. The lowest BCUT2D eigenvalue weighted by molar-refractivity contribution is -0.119. The summed E-state index contributed by atoms with van der Waals surface area (Å²) in [5, 5.41) is 11.5. The minimum Gasteiger partial charge on any atom is -0.473 e. The van der Waals surface area contributed by atoms with Gasteiger partial charge in [-0.05, 0) is 19.9 Å². The Bertz CT molecular complexity index is 1010. The number of aromatic nitrogens is 5. The van der Waals surface area contributed by atoms with Crippen molar-refractivity contribution < 1.29 is 9.53 Å². The highest BCUT2D eigenvalue weighted by atomic mass is 16.5. The van der Waals surface area contributed by atoms with Crippen LogP contribution in [0.25, 0.3) is 16.8 Å². The van der Waals surface area contributed by atoms with Crippen molar-refractivity contribution in [1.29, 1.82) is 0 Å². The summed E-state index contributed by atoms with van der Waals surface area (Å²) in [4.78, 5) is 16.6. The summed E-state index contributed by atoms with van der Waals surface area (Å²) in [7, 11) is 1.87. The van der Waals surface area contributed by atoms with Crippen molar-refractivity contribution in [2.75, 3.05) is 0 Å². The molecule has 27 heavy (non-hydrogen) atoms. The molecule has 8 heteroatoms. The van der Waals surface area contributed by atoms with Crippen LogP contribution in [0.4, 0.5) is 0 Å². The molecule has 0 bridgehead atoms. The second kappa shape index (κ2) is 6.86. The van der Waals surface area contributed by atoms with Gasteiger partial charge in [0.15, 0.2) is 0 Å². The third kappa shape index (κ3) is 3.42. The van der Waals surface area contributed by atoms with Crippen LogP contribution in [0.1, 0.15) is 26.7 Å². The molecule has 0 aliphatic heterocycles. The number of ether oxygens (including phenoxy) is 1. The molecule has 3 heterocycles. The Hall–Kier alpha value is -3.16. The van der Waals surface area contributed by atoms with Gasteiger partial charge in [0.2, 0.25) is 11.8 Å². The molecule has 1 saturated carbocycles. The van der Waals surface area contributed by atoms with Gasteiger partial charge >= 0.3 is 0 Å². The van der Waals surface area contributed by atoms with Crippen LogP contribution in [0.2, 0.25) is 0 Å². The first-order valence-corrected chi connectivity index (χ1v) is 8.97. The molecule has 1 amide bonds. The van der Waals surface area contributed by atoms with Crippen LogP contribution >= 0.6 is 0 Å². The van der Waals surface area contributed by atoms with Crippen LogP contribution in [-0.4, -0.2) is 42.4 Å². The highest BCUT2D eigenvalue weighted by Gasteiger charge is 2.33.